The van der Waals surface area contributed by atoms with Gasteiger partial charge in [-0.05, 0) is 20.9 Å². The summed E-state index contributed by atoms with van der Waals surface area (Å²) in [4.78, 5) is 11.0. The van der Waals surface area contributed by atoms with Crippen molar-refractivity contribution in [2.45, 2.75) is 13.8 Å². The SMILES string of the molecule is CNCC(C)(C)C(=O)O[SiH3]. The number of hydrogen-bond acceptors (Lipinski definition) is 3. The summed E-state index contributed by atoms with van der Waals surface area (Å²) in [6, 6.07) is 0. The van der Waals surface area contributed by atoms with E-state index in [1.807, 2.05) is 20.9 Å². The lowest BCUT2D eigenvalue weighted by Crippen LogP contribution is -2.35. The average molecular weight is 161 g/mol. The van der Waals surface area contributed by atoms with Crippen molar-refractivity contribution in [2.75, 3.05) is 13.6 Å². The van der Waals surface area contributed by atoms with Gasteiger partial charge in [0.25, 0.3) is 5.97 Å². The molecule has 0 radical (unpaired) electrons. The van der Waals surface area contributed by atoms with Crippen molar-refractivity contribution >= 4 is 16.5 Å². The first-order valence-electron chi connectivity index (χ1n) is 3.27. The van der Waals surface area contributed by atoms with Crippen LogP contribution < -0.4 is 5.32 Å². The van der Waals surface area contributed by atoms with E-state index in [0.717, 1.165) is 0 Å². The zero-order chi connectivity index (χ0) is 8.20. The van der Waals surface area contributed by atoms with Gasteiger partial charge in [-0.2, -0.15) is 0 Å². The third-order valence-electron chi connectivity index (χ3n) is 1.36. The fraction of sp³-hybridized carbons (Fsp3) is 0.833. The quantitative estimate of drug-likeness (QED) is 0.543. The molecular weight excluding hydrogens is 146 g/mol. The summed E-state index contributed by atoms with van der Waals surface area (Å²) in [5, 5.41) is 2.94. The van der Waals surface area contributed by atoms with E-state index in [4.69, 9.17) is 4.43 Å². The largest absolute Gasteiger partial charge is 0.528 e. The Bertz CT molecular complexity index is 125. The Hall–Kier alpha value is -0.353. The molecule has 0 fully saturated rings. The van der Waals surface area contributed by atoms with Crippen LogP contribution in [0.3, 0.4) is 0 Å². The molecule has 0 aromatic rings. The van der Waals surface area contributed by atoms with E-state index in [2.05, 4.69) is 5.32 Å². The van der Waals surface area contributed by atoms with Crippen molar-refractivity contribution in [3.63, 3.8) is 0 Å². The lowest BCUT2D eigenvalue weighted by Gasteiger charge is -2.20. The van der Waals surface area contributed by atoms with Crippen LogP contribution in [0.15, 0.2) is 0 Å². The summed E-state index contributed by atoms with van der Waals surface area (Å²) < 4.78 is 4.73. The van der Waals surface area contributed by atoms with Gasteiger partial charge >= 0.3 is 0 Å². The Morgan fingerprint density at radius 1 is 1.70 bits per heavy atom. The molecule has 0 aromatic carbocycles. The number of nitrogens with one attached hydrogen (secondary N) is 1. The number of rotatable bonds is 3. The molecule has 0 bridgehead atoms. The van der Waals surface area contributed by atoms with E-state index in [1.54, 1.807) is 0 Å². The molecule has 0 aliphatic rings. The molecule has 3 nitrogen and oxygen atoms in total. The van der Waals surface area contributed by atoms with Crippen molar-refractivity contribution in [3.8, 4) is 0 Å². The van der Waals surface area contributed by atoms with Gasteiger partial charge in [0.1, 0.15) is 0 Å². The van der Waals surface area contributed by atoms with Crippen LogP contribution in [0.1, 0.15) is 13.8 Å². The van der Waals surface area contributed by atoms with Gasteiger partial charge in [-0.1, -0.05) is 0 Å². The van der Waals surface area contributed by atoms with Crippen molar-refractivity contribution in [2.24, 2.45) is 5.41 Å². The van der Waals surface area contributed by atoms with Crippen LogP contribution >= 0.6 is 0 Å². The molecule has 1 N–H and O–H groups in total. The Morgan fingerprint density at radius 3 is 2.50 bits per heavy atom. The van der Waals surface area contributed by atoms with Crippen LogP contribution in [0.25, 0.3) is 0 Å². The van der Waals surface area contributed by atoms with E-state index in [-0.39, 0.29) is 11.4 Å². The summed E-state index contributed by atoms with van der Waals surface area (Å²) in [7, 11) is 2.31. The van der Waals surface area contributed by atoms with E-state index >= 15 is 0 Å². The van der Waals surface area contributed by atoms with E-state index in [0.29, 0.717) is 17.0 Å². The molecule has 0 saturated heterocycles. The lowest BCUT2D eigenvalue weighted by molar-refractivity contribution is -0.143. The number of carbonyl (C=O) groups is 1. The predicted molar refractivity (Wildman–Crippen MR) is 43.7 cm³/mol. The summed E-state index contributed by atoms with van der Waals surface area (Å²) in [6.45, 7) is 4.39. The fourth-order valence-electron chi connectivity index (χ4n) is 0.790. The van der Waals surface area contributed by atoms with E-state index < -0.39 is 0 Å². The minimum Gasteiger partial charge on any atom is -0.528 e. The maximum Gasteiger partial charge on any atom is 0.298 e. The third-order valence-corrected chi connectivity index (χ3v) is 1.73. The molecule has 0 saturated carbocycles. The van der Waals surface area contributed by atoms with Gasteiger partial charge in [0.2, 0.25) is 10.5 Å². The van der Waals surface area contributed by atoms with Gasteiger partial charge in [0.15, 0.2) is 0 Å². The topological polar surface area (TPSA) is 38.3 Å². The zero-order valence-electron chi connectivity index (χ0n) is 7.02. The van der Waals surface area contributed by atoms with Crippen molar-refractivity contribution in [1.82, 2.24) is 5.32 Å². The smallest absolute Gasteiger partial charge is 0.298 e. The highest BCUT2D eigenvalue weighted by Gasteiger charge is 2.26. The first-order valence-corrected chi connectivity index (χ1v) is 4.09. The second-order valence-electron chi connectivity index (χ2n) is 2.91. The van der Waals surface area contributed by atoms with Crippen LogP contribution in [0.2, 0.25) is 0 Å². The van der Waals surface area contributed by atoms with Gasteiger partial charge in [-0.3, -0.25) is 4.79 Å². The lowest BCUT2D eigenvalue weighted by atomic mass is 9.94. The predicted octanol–water partition coefficient (Wildman–Crippen LogP) is -0.944. The first kappa shape index (κ1) is 9.65. The molecule has 0 rings (SSSR count). The summed E-state index contributed by atoms with van der Waals surface area (Å²) in [5.41, 5.74) is -0.378. The summed E-state index contributed by atoms with van der Waals surface area (Å²) in [6.07, 6.45) is 0. The molecule has 10 heavy (non-hydrogen) atoms. The molecule has 0 atom stereocenters. The molecule has 4 heteroatoms. The van der Waals surface area contributed by atoms with Gasteiger partial charge < -0.3 is 9.74 Å². The monoisotopic (exact) mass is 161 g/mol. The van der Waals surface area contributed by atoms with Crippen molar-refractivity contribution in [1.29, 1.82) is 0 Å². The standard InChI is InChI=1S/C6H15NO2Si/c1-6(2,4-7-3)5(8)9-10/h7H,4H2,1-3,10H3. The second kappa shape index (κ2) is 3.73. The number of carbonyl (C=O) groups excluding carboxylic acids is 1. The van der Waals surface area contributed by atoms with E-state index in [9.17, 15) is 4.79 Å². The highest BCUT2D eigenvalue weighted by molar-refractivity contribution is 6.06. The van der Waals surface area contributed by atoms with Crippen LogP contribution in [0.4, 0.5) is 0 Å². The maximum absolute atomic E-state index is 11.0. The molecule has 0 unspecified atom stereocenters. The summed E-state index contributed by atoms with van der Waals surface area (Å²) in [5.74, 6) is -0.117. The normalized spacial score (nSPS) is 11.5. The highest BCUT2D eigenvalue weighted by atomic mass is 28.2. The minimum absolute atomic E-state index is 0.117. The van der Waals surface area contributed by atoms with E-state index in [1.165, 1.54) is 0 Å². The molecule has 0 amide bonds. The molecule has 60 valence electrons. The van der Waals surface area contributed by atoms with Crippen LogP contribution in [0, 0.1) is 5.41 Å². The van der Waals surface area contributed by atoms with Gasteiger partial charge in [-0.15, -0.1) is 0 Å². The van der Waals surface area contributed by atoms with Gasteiger partial charge in [0, 0.05) is 6.54 Å². The third kappa shape index (κ3) is 2.49. The fourth-order valence-corrected chi connectivity index (χ4v) is 1.34. The molecule has 0 spiro atoms. The zero-order valence-corrected chi connectivity index (χ0v) is 9.02. The molecule has 0 aliphatic carbocycles. The van der Waals surface area contributed by atoms with Crippen molar-refractivity contribution < 1.29 is 9.22 Å². The van der Waals surface area contributed by atoms with Crippen LogP contribution in [0.5, 0.6) is 0 Å². The first-order chi connectivity index (χ1) is 4.54. The highest BCUT2D eigenvalue weighted by Crippen LogP contribution is 2.14. The summed E-state index contributed by atoms with van der Waals surface area (Å²) >= 11 is 0. The molecule has 0 aliphatic heterocycles. The minimum atomic E-state index is -0.378. The molecule has 0 aromatic heterocycles. The number of hydrogen-bond donors (Lipinski definition) is 1. The van der Waals surface area contributed by atoms with Crippen LogP contribution in [-0.4, -0.2) is 30.0 Å². The Balaban J connectivity index is 3.96. The van der Waals surface area contributed by atoms with Gasteiger partial charge in [-0.25, -0.2) is 0 Å². The Morgan fingerprint density at radius 2 is 2.20 bits per heavy atom. The Kier molecular flexibility index (Phi) is 3.60. The van der Waals surface area contributed by atoms with Gasteiger partial charge in [0.05, 0.1) is 5.41 Å². The average Bonchev–Trinajstić information content (AvgIpc) is 1.86. The Labute approximate surface area is 64.7 Å². The second-order valence-corrected chi connectivity index (χ2v) is 3.31. The molecular formula is C6H15NO2Si. The molecule has 0 heterocycles. The van der Waals surface area contributed by atoms with Crippen LogP contribution in [-0.2, 0) is 9.22 Å². The van der Waals surface area contributed by atoms with Crippen molar-refractivity contribution in [3.05, 3.63) is 0 Å². The maximum atomic E-state index is 11.0.